The average Bonchev–Trinajstić information content (AvgIpc) is 2.89. The summed E-state index contributed by atoms with van der Waals surface area (Å²) >= 11 is 0. The topological polar surface area (TPSA) is 3.24 Å². The first-order valence-electron chi connectivity index (χ1n) is 15.7. The minimum atomic E-state index is -0.138. The van der Waals surface area contributed by atoms with E-state index in [9.17, 15) is 4.39 Å². The minimum absolute atomic E-state index is 0.138. The van der Waals surface area contributed by atoms with E-state index in [0.717, 1.165) is 36.3 Å². The maximum absolute atomic E-state index is 13.9. The predicted molar refractivity (Wildman–Crippen MR) is 179 cm³/mol. The molecule has 0 atom stereocenters. The zero-order chi connectivity index (χ0) is 30.3. The van der Waals surface area contributed by atoms with Crippen LogP contribution < -0.4 is 0 Å². The summed E-state index contributed by atoms with van der Waals surface area (Å²) in [7, 11) is 1.94. The van der Waals surface area contributed by atoms with Gasteiger partial charge in [-0.1, -0.05) is 141 Å². The van der Waals surface area contributed by atoms with Crippen molar-refractivity contribution >= 4 is 0 Å². The Morgan fingerprint density at radius 3 is 1.95 bits per heavy atom. The van der Waals surface area contributed by atoms with Gasteiger partial charge < -0.3 is 4.90 Å². The van der Waals surface area contributed by atoms with E-state index in [0.29, 0.717) is 5.56 Å². The Morgan fingerprint density at radius 2 is 1.50 bits per heavy atom. The predicted octanol–water partition coefficient (Wildman–Crippen LogP) is 12.3. The van der Waals surface area contributed by atoms with Crippen LogP contribution in [0.25, 0.3) is 11.1 Å². The Balaban J connectivity index is 0.000000582. The number of rotatable bonds is 11. The van der Waals surface area contributed by atoms with Crippen LogP contribution in [0.15, 0.2) is 79.2 Å². The van der Waals surface area contributed by atoms with E-state index < -0.39 is 0 Å². The third-order valence-electron chi connectivity index (χ3n) is 7.14. The van der Waals surface area contributed by atoms with Gasteiger partial charge in [-0.3, -0.25) is 0 Å². The number of nitrogens with zero attached hydrogens (tertiary/aromatic N) is 1. The smallest absolute Gasteiger partial charge is 0.131 e. The molecule has 224 valence electrons. The van der Waals surface area contributed by atoms with Crippen LogP contribution in [0.1, 0.15) is 117 Å². The van der Waals surface area contributed by atoms with Gasteiger partial charge in [0.05, 0.1) is 0 Å². The van der Waals surface area contributed by atoms with Crippen molar-refractivity contribution in [1.82, 2.24) is 4.90 Å². The second kappa shape index (κ2) is 23.1. The van der Waals surface area contributed by atoms with Crippen LogP contribution in [-0.4, -0.2) is 11.9 Å². The molecule has 1 nitrogen and oxygen atoms in total. The first-order chi connectivity index (χ1) is 19.1. The fraction of sp³-hybridized carbons (Fsp3) is 0.526. The van der Waals surface area contributed by atoms with Crippen molar-refractivity contribution in [2.24, 2.45) is 5.92 Å². The molecule has 1 fully saturated rings. The Bertz CT molecular complexity index is 973. The lowest BCUT2D eigenvalue weighted by Crippen LogP contribution is -2.00. The van der Waals surface area contributed by atoms with Gasteiger partial charge in [-0.15, -0.1) is 0 Å². The fourth-order valence-corrected chi connectivity index (χ4v) is 4.04. The molecule has 40 heavy (non-hydrogen) atoms. The molecule has 2 aromatic rings. The van der Waals surface area contributed by atoms with Gasteiger partial charge in [0.1, 0.15) is 5.82 Å². The van der Waals surface area contributed by atoms with Gasteiger partial charge in [0, 0.05) is 18.8 Å². The molecule has 0 amide bonds. The average molecular weight is 550 g/mol. The molecule has 2 heteroatoms. The summed E-state index contributed by atoms with van der Waals surface area (Å²) in [6, 6.07) is 13.6. The highest BCUT2D eigenvalue weighted by atomic mass is 19.1. The van der Waals surface area contributed by atoms with Crippen LogP contribution in [0.4, 0.5) is 4.39 Å². The molecule has 0 saturated heterocycles. The number of halogens is 1. The van der Waals surface area contributed by atoms with Gasteiger partial charge in [0.15, 0.2) is 0 Å². The van der Waals surface area contributed by atoms with Gasteiger partial charge in [-0.2, -0.15) is 0 Å². The van der Waals surface area contributed by atoms with Gasteiger partial charge in [-0.05, 0) is 73.2 Å². The molecule has 2 aromatic carbocycles. The van der Waals surface area contributed by atoms with Crippen LogP contribution in [0.2, 0.25) is 0 Å². The zero-order valence-electron chi connectivity index (χ0n) is 27.3. The molecule has 0 N–H and O–H groups in total. The number of hydrogen-bond acceptors (Lipinski definition) is 1. The highest BCUT2D eigenvalue weighted by molar-refractivity contribution is 5.65. The van der Waals surface area contributed by atoms with E-state index >= 15 is 0 Å². The Labute approximate surface area is 248 Å². The SMILES string of the molecule is C1CCC1.C=CN(C)/C=C(\C)C(=C)C.CCCC(C)CCC.CCCc1cccc(-c2cc(CC)ccc2F)c1. The van der Waals surface area contributed by atoms with E-state index in [1.807, 2.05) is 56.3 Å². The zero-order valence-corrected chi connectivity index (χ0v) is 27.3. The molecule has 0 aromatic heterocycles. The molecule has 0 bridgehead atoms. The summed E-state index contributed by atoms with van der Waals surface area (Å²) in [5.74, 6) is 0.825. The third-order valence-corrected chi connectivity index (χ3v) is 7.14. The summed E-state index contributed by atoms with van der Waals surface area (Å²) in [6.07, 6.45) is 18.4. The third kappa shape index (κ3) is 17.2. The quantitative estimate of drug-likeness (QED) is 0.252. The summed E-state index contributed by atoms with van der Waals surface area (Å²) in [6.45, 7) is 22.6. The normalized spacial score (nSPS) is 12.0. The number of allylic oxidation sites excluding steroid dienone is 2. The van der Waals surface area contributed by atoms with E-state index in [1.165, 1.54) is 68.1 Å². The first-order valence-corrected chi connectivity index (χ1v) is 15.7. The molecule has 0 aliphatic heterocycles. The molecule has 1 saturated carbocycles. The van der Waals surface area contributed by atoms with Crippen molar-refractivity contribution in [2.45, 2.75) is 119 Å². The second-order valence-electron chi connectivity index (χ2n) is 11.2. The lowest BCUT2D eigenvalue weighted by atomic mass is 9.98. The maximum Gasteiger partial charge on any atom is 0.131 e. The molecule has 3 rings (SSSR count). The number of hydrogen-bond donors (Lipinski definition) is 0. The summed E-state index contributed by atoms with van der Waals surface area (Å²) in [4.78, 5) is 1.91. The lowest BCUT2D eigenvalue weighted by molar-refractivity contribution is 0.480. The Hall–Kier alpha value is -2.61. The van der Waals surface area contributed by atoms with Crippen molar-refractivity contribution < 1.29 is 4.39 Å². The molecule has 0 radical (unpaired) electrons. The number of benzene rings is 2. The van der Waals surface area contributed by atoms with Crippen LogP contribution >= 0.6 is 0 Å². The fourth-order valence-electron chi connectivity index (χ4n) is 4.04. The van der Waals surface area contributed by atoms with E-state index in [2.05, 4.69) is 59.9 Å². The van der Waals surface area contributed by atoms with Gasteiger partial charge in [0.25, 0.3) is 0 Å². The van der Waals surface area contributed by atoms with Crippen molar-refractivity contribution in [2.75, 3.05) is 7.05 Å². The van der Waals surface area contributed by atoms with Crippen LogP contribution in [0.5, 0.6) is 0 Å². The highest BCUT2D eigenvalue weighted by Gasteiger charge is 2.06. The summed E-state index contributed by atoms with van der Waals surface area (Å²) in [5, 5.41) is 0. The van der Waals surface area contributed by atoms with E-state index in [-0.39, 0.29) is 5.82 Å². The molecule has 1 aliphatic carbocycles. The Kier molecular flexibility index (Phi) is 21.6. The largest absolute Gasteiger partial charge is 0.358 e. The minimum Gasteiger partial charge on any atom is -0.358 e. The first kappa shape index (κ1) is 37.4. The van der Waals surface area contributed by atoms with Crippen LogP contribution in [0.3, 0.4) is 0 Å². The summed E-state index contributed by atoms with van der Waals surface area (Å²) < 4.78 is 13.9. The lowest BCUT2D eigenvalue weighted by Gasteiger charge is -2.08. The van der Waals surface area contributed by atoms with Gasteiger partial charge >= 0.3 is 0 Å². The van der Waals surface area contributed by atoms with Gasteiger partial charge in [-0.25, -0.2) is 4.39 Å². The summed E-state index contributed by atoms with van der Waals surface area (Å²) in [5.41, 5.74) is 6.42. The van der Waals surface area contributed by atoms with Crippen molar-refractivity contribution in [3.05, 3.63) is 96.1 Å². The van der Waals surface area contributed by atoms with E-state index in [4.69, 9.17) is 0 Å². The monoisotopic (exact) mass is 549 g/mol. The number of aryl methyl sites for hydroxylation is 2. The molecular formula is C38H60FN. The van der Waals surface area contributed by atoms with Crippen LogP contribution in [0, 0.1) is 11.7 Å². The molecule has 0 heterocycles. The molecule has 1 aliphatic rings. The van der Waals surface area contributed by atoms with Crippen LogP contribution in [-0.2, 0) is 12.8 Å². The highest BCUT2D eigenvalue weighted by Crippen LogP contribution is 2.25. The van der Waals surface area contributed by atoms with Crippen molar-refractivity contribution in [3.8, 4) is 11.1 Å². The van der Waals surface area contributed by atoms with Crippen molar-refractivity contribution in [1.29, 1.82) is 0 Å². The van der Waals surface area contributed by atoms with Crippen molar-refractivity contribution in [3.63, 3.8) is 0 Å². The Morgan fingerprint density at radius 1 is 0.900 bits per heavy atom. The molecule has 0 spiro atoms. The van der Waals surface area contributed by atoms with E-state index in [1.54, 1.807) is 12.3 Å². The molecular weight excluding hydrogens is 489 g/mol. The second-order valence-corrected chi connectivity index (χ2v) is 11.2. The molecule has 0 unspecified atom stereocenters. The van der Waals surface area contributed by atoms with Gasteiger partial charge in [0.2, 0.25) is 0 Å². The standard InChI is InChI=1S/C17H19F.C9H15N.C8H18.C4H8/c1-3-6-14-7-5-8-15(11-14)16-12-13(4-2)9-10-17(16)18;1-6-10(5)7-9(4)8(2)3;1-4-6-8(3)7-5-2;1-2-4-3-1/h5,7-12H,3-4,6H2,1-2H3;6-7H,1-2H2,3-5H3;8H,4-7H2,1-3H3;1-4H2/b;9-7+;;. The maximum atomic E-state index is 13.9.